The average molecular weight is 227 g/mol. The molecule has 0 aliphatic carbocycles. The third-order valence-corrected chi connectivity index (χ3v) is 2.79. The second kappa shape index (κ2) is 6.73. The summed E-state index contributed by atoms with van der Waals surface area (Å²) >= 11 is 5.70. The predicted molar refractivity (Wildman–Crippen MR) is 65.8 cm³/mol. The minimum atomic E-state index is 0.405. The lowest BCUT2D eigenvalue weighted by Crippen LogP contribution is -2.09. The smallest absolute Gasteiger partial charge is 0.119 e. The van der Waals surface area contributed by atoms with Gasteiger partial charge in [0.1, 0.15) is 5.75 Å². The molecule has 1 aromatic carbocycles. The highest BCUT2D eigenvalue weighted by Crippen LogP contribution is 2.14. The minimum absolute atomic E-state index is 0.405. The molecule has 0 N–H and O–H groups in total. The highest BCUT2D eigenvalue weighted by molar-refractivity contribution is 6.18. The van der Waals surface area contributed by atoms with E-state index in [0.29, 0.717) is 18.4 Å². The zero-order valence-corrected chi connectivity index (χ0v) is 10.3. The second-order valence-corrected chi connectivity index (χ2v) is 4.27. The van der Waals surface area contributed by atoms with Crippen LogP contribution in [0.1, 0.15) is 25.8 Å². The van der Waals surface area contributed by atoms with Gasteiger partial charge in [0.15, 0.2) is 0 Å². The molecule has 1 rings (SSSR count). The summed E-state index contributed by atoms with van der Waals surface area (Å²) in [5, 5.41) is 0. The lowest BCUT2D eigenvalue weighted by molar-refractivity contribution is 0.272. The molecule has 0 fully saturated rings. The Hall–Kier alpha value is -0.690. The Labute approximate surface area is 97.4 Å². The fraction of sp³-hybridized carbons (Fsp3) is 0.538. The van der Waals surface area contributed by atoms with E-state index in [1.165, 1.54) is 12.0 Å². The Bertz CT molecular complexity index is 268. The van der Waals surface area contributed by atoms with Gasteiger partial charge in [0.2, 0.25) is 0 Å². The fourth-order valence-electron chi connectivity index (χ4n) is 1.32. The van der Waals surface area contributed by atoms with Crippen LogP contribution in [-0.2, 0) is 6.42 Å². The van der Waals surface area contributed by atoms with Crippen LogP contribution in [0.5, 0.6) is 5.75 Å². The van der Waals surface area contributed by atoms with Crippen molar-refractivity contribution in [1.82, 2.24) is 0 Å². The molecule has 0 spiro atoms. The van der Waals surface area contributed by atoms with Crippen LogP contribution in [0, 0.1) is 5.92 Å². The van der Waals surface area contributed by atoms with Gasteiger partial charge in [0.25, 0.3) is 0 Å². The normalized spacial score (nSPS) is 12.5. The molecule has 1 aromatic rings. The van der Waals surface area contributed by atoms with E-state index in [0.717, 1.165) is 12.2 Å². The van der Waals surface area contributed by atoms with Crippen LogP contribution in [0.4, 0.5) is 0 Å². The summed E-state index contributed by atoms with van der Waals surface area (Å²) in [7, 11) is 0. The summed E-state index contributed by atoms with van der Waals surface area (Å²) in [5.74, 6) is 1.99. The van der Waals surface area contributed by atoms with Gasteiger partial charge < -0.3 is 4.74 Å². The van der Waals surface area contributed by atoms with Crippen molar-refractivity contribution in [3.63, 3.8) is 0 Å². The van der Waals surface area contributed by atoms with E-state index >= 15 is 0 Å². The van der Waals surface area contributed by atoms with Gasteiger partial charge in [-0.1, -0.05) is 32.4 Å². The number of aryl methyl sites for hydroxylation is 1. The first kappa shape index (κ1) is 12.4. The third kappa shape index (κ3) is 4.57. The summed E-state index contributed by atoms with van der Waals surface area (Å²) in [6.07, 6.45) is 2.32. The van der Waals surface area contributed by atoms with E-state index in [4.69, 9.17) is 16.3 Å². The molecule has 1 unspecified atom stereocenters. The van der Waals surface area contributed by atoms with Crippen molar-refractivity contribution in [3.05, 3.63) is 29.8 Å². The molecule has 0 saturated heterocycles. The van der Waals surface area contributed by atoms with Crippen molar-refractivity contribution in [2.45, 2.75) is 26.7 Å². The van der Waals surface area contributed by atoms with Crippen LogP contribution in [0.2, 0.25) is 0 Å². The van der Waals surface area contributed by atoms with Crippen LogP contribution in [0.25, 0.3) is 0 Å². The maximum absolute atomic E-state index is 5.70. The SMILES string of the molecule is CCCc1ccc(OCC(C)CCl)cc1. The molecule has 15 heavy (non-hydrogen) atoms. The predicted octanol–water partition coefficient (Wildman–Crippen LogP) is 3.89. The van der Waals surface area contributed by atoms with E-state index in [-0.39, 0.29) is 0 Å². The zero-order valence-electron chi connectivity index (χ0n) is 9.50. The van der Waals surface area contributed by atoms with E-state index in [9.17, 15) is 0 Å². The molecular weight excluding hydrogens is 208 g/mol. The summed E-state index contributed by atoms with van der Waals surface area (Å²) in [6.45, 7) is 4.96. The topological polar surface area (TPSA) is 9.23 Å². The van der Waals surface area contributed by atoms with Crippen LogP contribution in [-0.4, -0.2) is 12.5 Å². The fourth-order valence-corrected chi connectivity index (χ4v) is 1.41. The van der Waals surface area contributed by atoms with E-state index in [2.05, 4.69) is 26.0 Å². The molecule has 0 heterocycles. The summed E-state index contributed by atoms with van der Waals surface area (Å²) in [6, 6.07) is 8.33. The quantitative estimate of drug-likeness (QED) is 0.669. The van der Waals surface area contributed by atoms with Crippen molar-refractivity contribution in [2.24, 2.45) is 5.92 Å². The van der Waals surface area contributed by atoms with Crippen molar-refractivity contribution >= 4 is 11.6 Å². The van der Waals surface area contributed by atoms with E-state index in [1.54, 1.807) is 0 Å². The van der Waals surface area contributed by atoms with Gasteiger partial charge in [-0.25, -0.2) is 0 Å². The Morgan fingerprint density at radius 3 is 2.47 bits per heavy atom. The molecule has 0 aliphatic rings. The largest absolute Gasteiger partial charge is 0.493 e. The zero-order chi connectivity index (χ0) is 11.1. The van der Waals surface area contributed by atoms with E-state index in [1.807, 2.05) is 12.1 Å². The van der Waals surface area contributed by atoms with Crippen molar-refractivity contribution in [3.8, 4) is 5.75 Å². The monoisotopic (exact) mass is 226 g/mol. The highest BCUT2D eigenvalue weighted by Gasteiger charge is 2.01. The lowest BCUT2D eigenvalue weighted by Gasteiger charge is -2.10. The van der Waals surface area contributed by atoms with Crippen LogP contribution < -0.4 is 4.74 Å². The van der Waals surface area contributed by atoms with E-state index < -0.39 is 0 Å². The molecule has 1 nitrogen and oxygen atoms in total. The van der Waals surface area contributed by atoms with Gasteiger partial charge in [-0.05, 0) is 24.1 Å². The Balaban J connectivity index is 2.42. The van der Waals surface area contributed by atoms with Gasteiger partial charge in [0, 0.05) is 11.8 Å². The first-order chi connectivity index (χ1) is 7.26. The molecule has 0 aromatic heterocycles. The standard InChI is InChI=1S/C13H19ClO/c1-3-4-12-5-7-13(8-6-12)15-10-11(2)9-14/h5-8,11H,3-4,9-10H2,1-2H3. The van der Waals surface area contributed by atoms with Crippen molar-refractivity contribution in [1.29, 1.82) is 0 Å². The molecule has 0 saturated carbocycles. The van der Waals surface area contributed by atoms with Gasteiger partial charge in [-0.2, -0.15) is 0 Å². The van der Waals surface area contributed by atoms with Crippen molar-refractivity contribution < 1.29 is 4.74 Å². The van der Waals surface area contributed by atoms with Crippen LogP contribution in [0.3, 0.4) is 0 Å². The first-order valence-corrected chi connectivity index (χ1v) is 6.07. The maximum atomic E-state index is 5.70. The summed E-state index contributed by atoms with van der Waals surface area (Å²) < 4.78 is 5.61. The summed E-state index contributed by atoms with van der Waals surface area (Å²) in [4.78, 5) is 0. The van der Waals surface area contributed by atoms with Gasteiger partial charge in [-0.3, -0.25) is 0 Å². The third-order valence-electron chi connectivity index (χ3n) is 2.26. The average Bonchev–Trinajstić information content (AvgIpc) is 2.28. The summed E-state index contributed by atoms with van der Waals surface area (Å²) in [5.41, 5.74) is 1.37. The number of rotatable bonds is 6. The number of halogens is 1. The first-order valence-electron chi connectivity index (χ1n) is 5.54. The van der Waals surface area contributed by atoms with Crippen LogP contribution in [0.15, 0.2) is 24.3 Å². The number of hydrogen-bond acceptors (Lipinski definition) is 1. The molecule has 2 heteroatoms. The Morgan fingerprint density at radius 2 is 1.93 bits per heavy atom. The molecule has 1 atom stereocenters. The van der Waals surface area contributed by atoms with Gasteiger partial charge >= 0.3 is 0 Å². The maximum Gasteiger partial charge on any atom is 0.119 e. The molecule has 84 valence electrons. The number of hydrogen-bond donors (Lipinski definition) is 0. The number of alkyl halides is 1. The van der Waals surface area contributed by atoms with Gasteiger partial charge in [0.05, 0.1) is 6.61 Å². The van der Waals surface area contributed by atoms with Gasteiger partial charge in [-0.15, -0.1) is 11.6 Å². The van der Waals surface area contributed by atoms with Crippen LogP contribution >= 0.6 is 11.6 Å². The Kier molecular flexibility index (Phi) is 5.56. The second-order valence-electron chi connectivity index (χ2n) is 3.96. The highest BCUT2D eigenvalue weighted by atomic mass is 35.5. The minimum Gasteiger partial charge on any atom is -0.493 e. The van der Waals surface area contributed by atoms with Crippen molar-refractivity contribution in [2.75, 3.05) is 12.5 Å². The Morgan fingerprint density at radius 1 is 1.27 bits per heavy atom. The lowest BCUT2D eigenvalue weighted by atomic mass is 10.1. The number of benzene rings is 1. The molecule has 0 radical (unpaired) electrons. The molecule has 0 amide bonds. The molecule has 0 bridgehead atoms. The molecule has 0 aliphatic heterocycles. The number of ether oxygens (including phenoxy) is 1. The molecular formula is C13H19ClO.